The molecule has 2 aliphatic rings. The van der Waals surface area contributed by atoms with Crippen molar-refractivity contribution in [2.24, 2.45) is 17.8 Å². The van der Waals surface area contributed by atoms with Crippen molar-refractivity contribution in [2.45, 2.75) is 77.0 Å². The van der Waals surface area contributed by atoms with Gasteiger partial charge < -0.3 is 4.74 Å². The van der Waals surface area contributed by atoms with Crippen LogP contribution in [0.1, 0.15) is 82.6 Å². The number of rotatable bonds is 5. The first-order valence-electron chi connectivity index (χ1n) is 11.7. The van der Waals surface area contributed by atoms with Gasteiger partial charge in [0, 0.05) is 0 Å². The molecular weight excluding hydrogens is 385 g/mol. The summed E-state index contributed by atoms with van der Waals surface area (Å²) in [6, 6.07) is 4.74. The molecule has 0 bridgehead atoms. The van der Waals surface area contributed by atoms with E-state index in [1.807, 2.05) is 0 Å². The number of methoxy groups -OCH3 is 1. The number of fused-ring (bicyclic) bond motifs is 1. The van der Waals surface area contributed by atoms with Gasteiger partial charge in [-0.1, -0.05) is 38.7 Å². The van der Waals surface area contributed by atoms with Gasteiger partial charge in [0.2, 0.25) is 0 Å². The van der Waals surface area contributed by atoms with Crippen molar-refractivity contribution in [1.82, 2.24) is 0 Å². The molecule has 0 heterocycles. The van der Waals surface area contributed by atoms with Crippen molar-refractivity contribution >= 4 is 10.8 Å². The quantitative estimate of drug-likeness (QED) is 0.476. The highest BCUT2D eigenvalue weighted by Gasteiger charge is 2.32. The lowest BCUT2D eigenvalue weighted by atomic mass is 9.68. The average Bonchev–Trinajstić information content (AvgIpc) is 2.77. The number of ether oxygens (including phenoxy) is 1. The first-order valence-corrected chi connectivity index (χ1v) is 11.7. The molecule has 0 unspecified atom stereocenters. The van der Waals surface area contributed by atoms with Crippen LogP contribution >= 0.6 is 0 Å². The lowest BCUT2D eigenvalue weighted by Crippen LogP contribution is -2.25. The van der Waals surface area contributed by atoms with Gasteiger partial charge in [0.05, 0.1) is 12.5 Å². The molecule has 164 valence electrons. The molecule has 4 heteroatoms. The lowest BCUT2D eigenvalue weighted by molar-refractivity contribution is 0.156. The number of hydrogen-bond donors (Lipinski definition) is 0. The second-order valence-electron chi connectivity index (χ2n) is 9.45. The van der Waals surface area contributed by atoms with E-state index in [4.69, 9.17) is 4.74 Å². The van der Waals surface area contributed by atoms with Gasteiger partial charge in [-0.3, -0.25) is 0 Å². The van der Waals surface area contributed by atoms with E-state index in [-0.39, 0.29) is 17.1 Å². The Morgan fingerprint density at radius 2 is 1.47 bits per heavy atom. The summed E-state index contributed by atoms with van der Waals surface area (Å²) < 4.78 is 49.1. The third-order valence-electron chi connectivity index (χ3n) is 7.80. The van der Waals surface area contributed by atoms with Gasteiger partial charge in [-0.25, -0.2) is 13.2 Å². The number of hydrogen-bond acceptors (Lipinski definition) is 1. The van der Waals surface area contributed by atoms with Crippen LogP contribution in [-0.2, 0) is 0 Å². The molecule has 4 rings (SSSR count). The number of benzene rings is 2. The second-order valence-corrected chi connectivity index (χ2v) is 9.45. The molecule has 2 fully saturated rings. The molecule has 0 amide bonds. The molecule has 1 nitrogen and oxygen atoms in total. The standard InChI is InChI=1S/C26H33F3O/c1-3-4-16-5-7-17(8-6-16)18-9-11-19(12-10-18)21-15-20-13-14-22(30-2)25(28)23(20)26(29)24(21)27/h13-19H,3-12H2,1-2H3. The Labute approximate surface area is 178 Å². The molecule has 0 saturated heterocycles. The van der Waals surface area contributed by atoms with Gasteiger partial charge in [0.15, 0.2) is 23.2 Å². The molecule has 0 radical (unpaired) electrons. The summed E-state index contributed by atoms with van der Waals surface area (Å²) in [5.74, 6) is -0.424. The fraction of sp³-hybridized carbons (Fsp3) is 0.615. The maximum atomic E-state index is 14.9. The van der Waals surface area contributed by atoms with Gasteiger partial charge in [0.1, 0.15) is 0 Å². The Hall–Kier alpha value is -1.71. The van der Waals surface area contributed by atoms with Crippen LogP contribution in [0.3, 0.4) is 0 Å². The van der Waals surface area contributed by atoms with E-state index in [1.54, 1.807) is 12.1 Å². The highest BCUT2D eigenvalue weighted by Crippen LogP contribution is 2.45. The third kappa shape index (κ3) is 4.07. The van der Waals surface area contributed by atoms with Gasteiger partial charge in [-0.05, 0) is 85.3 Å². The Morgan fingerprint density at radius 3 is 2.07 bits per heavy atom. The molecular formula is C26H33F3O. The first kappa shape index (κ1) is 21.5. The van der Waals surface area contributed by atoms with Crippen molar-refractivity contribution < 1.29 is 17.9 Å². The normalized spacial score (nSPS) is 27.4. The van der Waals surface area contributed by atoms with Gasteiger partial charge in [0.25, 0.3) is 0 Å². The topological polar surface area (TPSA) is 9.23 Å². The maximum Gasteiger partial charge on any atom is 0.175 e. The van der Waals surface area contributed by atoms with Crippen LogP contribution in [-0.4, -0.2) is 7.11 Å². The fourth-order valence-corrected chi connectivity index (χ4v) is 6.10. The van der Waals surface area contributed by atoms with Crippen molar-refractivity contribution in [1.29, 1.82) is 0 Å². The van der Waals surface area contributed by atoms with Crippen LogP contribution in [0.4, 0.5) is 13.2 Å². The van der Waals surface area contributed by atoms with E-state index in [1.165, 1.54) is 51.7 Å². The largest absolute Gasteiger partial charge is 0.494 e. The Morgan fingerprint density at radius 1 is 0.833 bits per heavy atom. The van der Waals surface area contributed by atoms with Crippen molar-refractivity contribution in [3.05, 3.63) is 41.2 Å². The SMILES string of the molecule is CCCC1CCC(C2CCC(c3cc4ccc(OC)c(F)c4c(F)c3F)CC2)CC1. The van der Waals surface area contributed by atoms with E-state index in [0.29, 0.717) is 10.9 Å². The summed E-state index contributed by atoms with van der Waals surface area (Å²) in [5.41, 5.74) is 0.412. The van der Waals surface area contributed by atoms with Crippen LogP contribution in [0.2, 0.25) is 0 Å². The Bertz CT molecular complexity index is 878. The van der Waals surface area contributed by atoms with Gasteiger partial charge in [-0.15, -0.1) is 0 Å². The van der Waals surface area contributed by atoms with E-state index in [2.05, 4.69) is 6.92 Å². The summed E-state index contributed by atoms with van der Waals surface area (Å²) in [7, 11) is 1.32. The molecule has 0 aliphatic heterocycles. The molecule has 2 saturated carbocycles. The molecule has 30 heavy (non-hydrogen) atoms. The molecule has 0 N–H and O–H groups in total. The minimum Gasteiger partial charge on any atom is -0.494 e. The zero-order chi connectivity index (χ0) is 21.3. The van der Waals surface area contributed by atoms with Gasteiger partial charge >= 0.3 is 0 Å². The van der Waals surface area contributed by atoms with E-state index >= 15 is 0 Å². The maximum absolute atomic E-state index is 14.9. The van der Waals surface area contributed by atoms with Crippen LogP contribution in [0.15, 0.2) is 18.2 Å². The summed E-state index contributed by atoms with van der Waals surface area (Å²) in [5, 5.41) is 0.0895. The average molecular weight is 419 g/mol. The monoisotopic (exact) mass is 418 g/mol. The van der Waals surface area contributed by atoms with Crippen molar-refractivity contribution in [2.75, 3.05) is 7.11 Å². The predicted molar refractivity (Wildman–Crippen MR) is 115 cm³/mol. The summed E-state index contributed by atoms with van der Waals surface area (Å²) in [6.45, 7) is 2.27. The number of halogens is 3. The predicted octanol–water partition coefficient (Wildman–Crippen LogP) is 8.15. The highest BCUT2D eigenvalue weighted by atomic mass is 19.2. The zero-order valence-corrected chi connectivity index (χ0v) is 18.2. The van der Waals surface area contributed by atoms with Crippen LogP contribution in [0, 0.1) is 35.2 Å². The molecule has 0 atom stereocenters. The molecule has 2 aromatic carbocycles. The smallest absolute Gasteiger partial charge is 0.175 e. The summed E-state index contributed by atoms with van der Waals surface area (Å²) >= 11 is 0. The Balaban J connectivity index is 1.47. The second kappa shape index (κ2) is 9.20. The molecule has 0 spiro atoms. The van der Waals surface area contributed by atoms with E-state index in [9.17, 15) is 13.2 Å². The van der Waals surface area contributed by atoms with Crippen LogP contribution in [0.25, 0.3) is 10.8 Å². The molecule has 0 aromatic heterocycles. The first-order chi connectivity index (χ1) is 14.5. The van der Waals surface area contributed by atoms with Crippen LogP contribution < -0.4 is 4.74 Å². The minimum absolute atomic E-state index is 0.0155. The summed E-state index contributed by atoms with van der Waals surface area (Å²) in [4.78, 5) is 0. The zero-order valence-electron chi connectivity index (χ0n) is 18.2. The van der Waals surface area contributed by atoms with Crippen molar-refractivity contribution in [3.63, 3.8) is 0 Å². The molecule has 2 aliphatic carbocycles. The third-order valence-corrected chi connectivity index (χ3v) is 7.80. The van der Waals surface area contributed by atoms with Crippen molar-refractivity contribution in [3.8, 4) is 5.75 Å². The lowest BCUT2D eigenvalue weighted by Gasteiger charge is -2.38. The Kier molecular flexibility index (Phi) is 6.60. The fourth-order valence-electron chi connectivity index (χ4n) is 6.10. The van der Waals surface area contributed by atoms with Crippen LogP contribution in [0.5, 0.6) is 5.75 Å². The van der Waals surface area contributed by atoms with Gasteiger partial charge in [-0.2, -0.15) is 0 Å². The van der Waals surface area contributed by atoms with E-state index in [0.717, 1.165) is 43.4 Å². The van der Waals surface area contributed by atoms with E-state index < -0.39 is 17.5 Å². The highest BCUT2D eigenvalue weighted by molar-refractivity contribution is 5.86. The molecule has 2 aromatic rings. The summed E-state index contributed by atoms with van der Waals surface area (Å²) in [6.07, 6.45) is 12.0. The minimum atomic E-state index is -1.09.